The summed E-state index contributed by atoms with van der Waals surface area (Å²) in [5.41, 5.74) is 8.30. The number of benzene rings is 1. The third kappa shape index (κ3) is 2.13. The van der Waals surface area contributed by atoms with E-state index < -0.39 is 0 Å². The quantitative estimate of drug-likeness (QED) is 0.883. The molecule has 104 valence electrons. The van der Waals surface area contributed by atoms with Crippen molar-refractivity contribution < 1.29 is 14.2 Å². The molecule has 0 atom stereocenters. The Kier molecular flexibility index (Phi) is 3.03. The predicted molar refractivity (Wildman–Crippen MR) is 72.9 cm³/mol. The first kappa shape index (κ1) is 12.6. The minimum Gasteiger partial charge on any atom is -0.454 e. The van der Waals surface area contributed by atoms with Gasteiger partial charge in [0.2, 0.25) is 6.79 Å². The normalized spacial score (nSPS) is 19.1. The van der Waals surface area contributed by atoms with Crippen molar-refractivity contribution in [3.8, 4) is 11.5 Å². The number of nitrogens with two attached hydrogens (primary N) is 1. The summed E-state index contributed by atoms with van der Waals surface area (Å²) in [6, 6.07) is 4.07. The molecule has 0 unspecified atom stereocenters. The van der Waals surface area contributed by atoms with Gasteiger partial charge in [-0.3, -0.25) is 0 Å². The number of hydrogen-bond acceptors (Lipinski definition) is 5. The molecular formula is C14H20N2O3. The second-order valence-corrected chi connectivity index (χ2v) is 5.54. The van der Waals surface area contributed by atoms with Crippen LogP contribution < -0.4 is 20.1 Å². The molecule has 2 aliphatic rings. The fourth-order valence-electron chi connectivity index (χ4n) is 2.70. The van der Waals surface area contributed by atoms with Crippen LogP contribution in [0.15, 0.2) is 12.1 Å². The first-order valence-electron chi connectivity index (χ1n) is 6.53. The van der Waals surface area contributed by atoms with Gasteiger partial charge in [-0.25, -0.2) is 0 Å². The van der Waals surface area contributed by atoms with E-state index in [1.807, 2.05) is 12.1 Å². The molecule has 2 heterocycles. The maximum absolute atomic E-state index is 5.87. The van der Waals surface area contributed by atoms with Crippen molar-refractivity contribution in [3.05, 3.63) is 17.7 Å². The van der Waals surface area contributed by atoms with Crippen LogP contribution in [0.2, 0.25) is 0 Å². The molecule has 0 radical (unpaired) electrons. The monoisotopic (exact) mass is 264 g/mol. The Balaban J connectivity index is 1.81. The maximum Gasteiger partial charge on any atom is 0.231 e. The number of rotatable bonds is 4. The van der Waals surface area contributed by atoms with Gasteiger partial charge in [-0.05, 0) is 18.6 Å². The summed E-state index contributed by atoms with van der Waals surface area (Å²) < 4.78 is 16.1. The van der Waals surface area contributed by atoms with Crippen LogP contribution in [0, 0.1) is 12.3 Å². The summed E-state index contributed by atoms with van der Waals surface area (Å²) in [5.74, 6) is 1.65. The molecule has 0 bridgehead atoms. The SMILES string of the molecule is Cc1cc2c(cc1N(C)CC1(CN)COC1)OCO2. The zero-order chi connectivity index (χ0) is 13.5. The summed E-state index contributed by atoms with van der Waals surface area (Å²) >= 11 is 0. The van der Waals surface area contributed by atoms with E-state index in [1.165, 1.54) is 5.56 Å². The lowest BCUT2D eigenvalue weighted by atomic mass is 9.85. The van der Waals surface area contributed by atoms with Gasteiger partial charge >= 0.3 is 0 Å². The summed E-state index contributed by atoms with van der Waals surface area (Å²) in [4.78, 5) is 2.23. The molecule has 0 spiro atoms. The number of hydrogen-bond donors (Lipinski definition) is 1. The first-order valence-corrected chi connectivity index (χ1v) is 6.53. The van der Waals surface area contributed by atoms with Gasteiger partial charge < -0.3 is 24.8 Å². The molecule has 0 saturated carbocycles. The highest BCUT2D eigenvalue weighted by Crippen LogP contribution is 2.39. The van der Waals surface area contributed by atoms with Crippen LogP contribution in [-0.2, 0) is 4.74 Å². The van der Waals surface area contributed by atoms with E-state index in [1.54, 1.807) is 0 Å². The lowest BCUT2D eigenvalue weighted by molar-refractivity contribution is -0.101. The van der Waals surface area contributed by atoms with Gasteiger partial charge in [0, 0.05) is 37.3 Å². The molecule has 3 rings (SSSR count). The van der Waals surface area contributed by atoms with Gasteiger partial charge in [0.15, 0.2) is 11.5 Å². The van der Waals surface area contributed by atoms with Crippen LogP contribution in [0.25, 0.3) is 0 Å². The minimum absolute atomic E-state index is 0.0948. The van der Waals surface area contributed by atoms with E-state index in [2.05, 4.69) is 18.9 Å². The average molecular weight is 264 g/mol. The van der Waals surface area contributed by atoms with E-state index in [4.69, 9.17) is 19.9 Å². The summed E-state index contributed by atoms with van der Waals surface area (Å²) in [6.45, 7) is 5.43. The maximum atomic E-state index is 5.87. The number of ether oxygens (including phenoxy) is 3. The van der Waals surface area contributed by atoms with Gasteiger partial charge in [0.25, 0.3) is 0 Å². The van der Waals surface area contributed by atoms with Gasteiger partial charge in [0.1, 0.15) is 0 Å². The lowest BCUT2D eigenvalue weighted by Gasteiger charge is -2.43. The molecule has 5 heteroatoms. The molecule has 1 aromatic carbocycles. The van der Waals surface area contributed by atoms with Crippen LogP contribution in [0.3, 0.4) is 0 Å². The molecular weight excluding hydrogens is 244 g/mol. The van der Waals surface area contributed by atoms with E-state index in [-0.39, 0.29) is 5.41 Å². The van der Waals surface area contributed by atoms with Crippen LogP contribution in [0.5, 0.6) is 11.5 Å². The second-order valence-electron chi connectivity index (χ2n) is 5.54. The highest BCUT2D eigenvalue weighted by molar-refractivity contribution is 5.62. The largest absolute Gasteiger partial charge is 0.454 e. The first-order chi connectivity index (χ1) is 9.13. The standard InChI is InChI=1S/C14H20N2O3/c1-10-3-12-13(19-9-18-12)4-11(10)16(2)6-14(5-15)7-17-8-14/h3-4H,5-9,15H2,1-2H3. The Morgan fingerprint density at radius 2 is 1.95 bits per heavy atom. The number of anilines is 1. The molecule has 0 amide bonds. The Hall–Kier alpha value is -1.46. The molecule has 19 heavy (non-hydrogen) atoms. The minimum atomic E-state index is 0.0948. The summed E-state index contributed by atoms with van der Waals surface area (Å²) in [7, 11) is 2.08. The third-order valence-electron chi connectivity index (χ3n) is 3.92. The van der Waals surface area contributed by atoms with E-state index in [0.29, 0.717) is 13.3 Å². The predicted octanol–water partition coefficient (Wildman–Crippen LogP) is 1.14. The van der Waals surface area contributed by atoms with E-state index in [0.717, 1.165) is 36.9 Å². The Labute approximate surface area is 113 Å². The number of aryl methyl sites for hydroxylation is 1. The van der Waals surface area contributed by atoms with Gasteiger partial charge in [-0.2, -0.15) is 0 Å². The zero-order valence-corrected chi connectivity index (χ0v) is 11.4. The highest BCUT2D eigenvalue weighted by Gasteiger charge is 2.38. The number of nitrogens with zero attached hydrogens (tertiary/aromatic N) is 1. The van der Waals surface area contributed by atoms with E-state index >= 15 is 0 Å². The molecule has 1 fully saturated rings. The van der Waals surface area contributed by atoms with Crippen LogP contribution in [0.1, 0.15) is 5.56 Å². The Morgan fingerprint density at radius 1 is 1.26 bits per heavy atom. The molecule has 5 nitrogen and oxygen atoms in total. The fraction of sp³-hybridized carbons (Fsp3) is 0.571. The van der Waals surface area contributed by atoms with Gasteiger partial charge in [-0.15, -0.1) is 0 Å². The van der Waals surface area contributed by atoms with Crippen molar-refractivity contribution in [2.24, 2.45) is 11.1 Å². The summed E-state index contributed by atoms with van der Waals surface area (Å²) in [5, 5.41) is 0. The molecule has 0 aromatic heterocycles. The van der Waals surface area contributed by atoms with Crippen molar-refractivity contribution in [2.75, 3.05) is 45.0 Å². The zero-order valence-electron chi connectivity index (χ0n) is 11.4. The van der Waals surface area contributed by atoms with Crippen LogP contribution in [-0.4, -0.2) is 40.1 Å². The third-order valence-corrected chi connectivity index (χ3v) is 3.92. The molecule has 2 aliphatic heterocycles. The van der Waals surface area contributed by atoms with Gasteiger partial charge in [0.05, 0.1) is 13.2 Å². The Morgan fingerprint density at radius 3 is 2.53 bits per heavy atom. The van der Waals surface area contributed by atoms with Crippen molar-refractivity contribution >= 4 is 5.69 Å². The van der Waals surface area contributed by atoms with Crippen molar-refractivity contribution in [1.82, 2.24) is 0 Å². The van der Waals surface area contributed by atoms with Crippen LogP contribution >= 0.6 is 0 Å². The molecule has 0 aliphatic carbocycles. The molecule has 1 aromatic rings. The average Bonchev–Trinajstić information content (AvgIpc) is 2.79. The number of fused-ring (bicyclic) bond motifs is 1. The van der Waals surface area contributed by atoms with Crippen molar-refractivity contribution in [2.45, 2.75) is 6.92 Å². The highest BCUT2D eigenvalue weighted by atomic mass is 16.7. The topological polar surface area (TPSA) is 57.0 Å². The smallest absolute Gasteiger partial charge is 0.231 e. The second kappa shape index (κ2) is 4.58. The Bertz CT molecular complexity index is 480. The van der Waals surface area contributed by atoms with Crippen molar-refractivity contribution in [3.63, 3.8) is 0 Å². The lowest BCUT2D eigenvalue weighted by Crippen LogP contribution is -2.54. The van der Waals surface area contributed by atoms with Crippen molar-refractivity contribution in [1.29, 1.82) is 0 Å². The summed E-state index contributed by atoms with van der Waals surface area (Å²) in [6.07, 6.45) is 0. The van der Waals surface area contributed by atoms with Gasteiger partial charge in [-0.1, -0.05) is 0 Å². The van der Waals surface area contributed by atoms with Crippen LogP contribution in [0.4, 0.5) is 5.69 Å². The molecule has 2 N–H and O–H groups in total. The fourth-order valence-corrected chi connectivity index (χ4v) is 2.70. The van der Waals surface area contributed by atoms with E-state index in [9.17, 15) is 0 Å². The molecule has 1 saturated heterocycles.